The first-order chi connectivity index (χ1) is 10.7. The molecular weight excluding hydrogens is 344 g/mol. The minimum Gasteiger partial charge on any atom is -0.480 e. The standard InChI is InChI=1S/C13H18N2O6S2/c1-14-22(18,19)10-5-4-6-11(9-10)23(20,21)15-8-3-2-7-12(15)13(16)17/h4-6,9,12,14H,2-3,7-8H2,1H3,(H,16,17). The number of sulfonamides is 2. The predicted molar refractivity (Wildman–Crippen MR) is 81.9 cm³/mol. The van der Waals surface area contributed by atoms with E-state index in [1.807, 2.05) is 0 Å². The Morgan fingerprint density at radius 1 is 1.22 bits per heavy atom. The van der Waals surface area contributed by atoms with Gasteiger partial charge in [-0.2, -0.15) is 4.31 Å². The molecule has 1 heterocycles. The molecule has 1 saturated heterocycles. The molecule has 0 radical (unpaired) electrons. The van der Waals surface area contributed by atoms with Gasteiger partial charge in [-0.15, -0.1) is 0 Å². The molecule has 0 saturated carbocycles. The topological polar surface area (TPSA) is 121 Å². The normalized spacial score (nSPS) is 20.3. The van der Waals surface area contributed by atoms with E-state index >= 15 is 0 Å². The molecule has 1 fully saturated rings. The number of rotatable bonds is 5. The highest BCUT2D eigenvalue weighted by atomic mass is 32.2. The number of hydrogen-bond acceptors (Lipinski definition) is 5. The molecule has 128 valence electrons. The van der Waals surface area contributed by atoms with E-state index in [2.05, 4.69) is 4.72 Å². The van der Waals surface area contributed by atoms with Crippen LogP contribution in [0.5, 0.6) is 0 Å². The maximum absolute atomic E-state index is 12.7. The largest absolute Gasteiger partial charge is 0.480 e. The van der Waals surface area contributed by atoms with E-state index in [9.17, 15) is 26.7 Å². The maximum atomic E-state index is 12.7. The number of hydrogen-bond donors (Lipinski definition) is 2. The quantitative estimate of drug-likeness (QED) is 0.773. The van der Waals surface area contributed by atoms with E-state index in [1.54, 1.807) is 0 Å². The zero-order chi connectivity index (χ0) is 17.3. The number of nitrogens with zero attached hydrogens (tertiary/aromatic N) is 1. The Hall–Kier alpha value is -1.49. The fourth-order valence-electron chi connectivity index (χ4n) is 2.49. The summed E-state index contributed by atoms with van der Waals surface area (Å²) in [5.74, 6) is -1.20. The predicted octanol–water partition coefficient (Wildman–Crippen LogP) is 0.223. The number of carbonyl (C=O) groups is 1. The molecule has 10 heteroatoms. The molecule has 0 amide bonds. The van der Waals surface area contributed by atoms with Crippen molar-refractivity contribution < 1.29 is 26.7 Å². The number of benzene rings is 1. The molecule has 1 aromatic carbocycles. The lowest BCUT2D eigenvalue weighted by atomic mass is 10.1. The summed E-state index contributed by atoms with van der Waals surface area (Å²) in [6.07, 6.45) is 1.44. The number of carboxylic acids is 1. The molecule has 0 aliphatic carbocycles. The van der Waals surface area contributed by atoms with Crippen LogP contribution in [0.15, 0.2) is 34.1 Å². The third-order valence-electron chi connectivity index (χ3n) is 3.73. The fourth-order valence-corrected chi connectivity index (χ4v) is 5.04. The fraction of sp³-hybridized carbons (Fsp3) is 0.462. The monoisotopic (exact) mass is 362 g/mol. The van der Waals surface area contributed by atoms with Crippen LogP contribution in [0.4, 0.5) is 0 Å². The van der Waals surface area contributed by atoms with Crippen molar-refractivity contribution in [2.45, 2.75) is 35.1 Å². The van der Waals surface area contributed by atoms with Crippen molar-refractivity contribution in [3.63, 3.8) is 0 Å². The van der Waals surface area contributed by atoms with Crippen molar-refractivity contribution in [3.05, 3.63) is 24.3 Å². The highest BCUT2D eigenvalue weighted by molar-refractivity contribution is 7.90. The molecule has 1 atom stereocenters. The van der Waals surface area contributed by atoms with Crippen LogP contribution in [-0.4, -0.2) is 51.9 Å². The molecule has 1 aliphatic rings. The highest BCUT2D eigenvalue weighted by Crippen LogP contribution is 2.26. The third-order valence-corrected chi connectivity index (χ3v) is 7.05. The molecule has 23 heavy (non-hydrogen) atoms. The van der Waals surface area contributed by atoms with Gasteiger partial charge in [0.25, 0.3) is 0 Å². The average Bonchev–Trinajstić information content (AvgIpc) is 2.55. The Balaban J connectivity index is 2.47. The molecule has 1 unspecified atom stereocenters. The van der Waals surface area contributed by atoms with Gasteiger partial charge in [0.05, 0.1) is 9.79 Å². The lowest BCUT2D eigenvalue weighted by Crippen LogP contribution is -2.47. The first-order valence-corrected chi connectivity index (χ1v) is 9.91. The number of carboxylic acid groups (broad SMARTS) is 1. The Bertz CT molecular complexity index is 804. The van der Waals surface area contributed by atoms with Gasteiger partial charge in [-0.25, -0.2) is 21.6 Å². The van der Waals surface area contributed by atoms with Crippen LogP contribution in [0, 0.1) is 0 Å². The molecular formula is C13H18N2O6S2. The van der Waals surface area contributed by atoms with Crippen LogP contribution in [-0.2, 0) is 24.8 Å². The third kappa shape index (κ3) is 3.55. The van der Waals surface area contributed by atoms with Gasteiger partial charge in [0.1, 0.15) is 6.04 Å². The summed E-state index contributed by atoms with van der Waals surface area (Å²) in [5, 5.41) is 9.23. The van der Waals surface area contributed by atoms with E-state index in [4.69, 9.17) is 0 Å². The van der Waals surface area contributed by atoms with Crippen molar-refractivity contribution in [3.8, 4) is 0 Å². The summed E-state index contributed by atoms with van der Waals surface area (Å²) in [6, 6.07) is 3.76. The smallest absolute Gasteiger partial charge is 0.322 e. The second-order valence-electron chi connectivity index (χ2n) is 5.15. The summed E-state index contributed by atoms with van der Waals surface area (Å²) < 4.78 is 52.1. The van der Waals surface area contributed by atoms with Gasteiger partial charge in [0.2, 0.25) is 20.0 Å². The van der Waals surface area contributed by atoms with Gasteiger partial charge in [0, 0.05) is 6.54 Å². The van der Waals surface area contributed by atoms with Crippen molar-refractivity contribution in [2.24, 2.45) is 0 Å². The Morgan fingerprint density at radius 3 is 2.48 bits per heavy atom. The molecule has 1 aliphatic heterocycles. The van der Waals surface area contributed by atoms with Crippen LogP contribution in [0.3, 0.4) is 0 Å². The molecule has 0 spiro atoms. The van der Waals surface area contributed by atoms with Gasteiger partial charge in [-0.3, -0.25) is 4.79 Å². The highest BCUT2D eigenvalue weighted by Gasteiger charge is 2.37. The van der Waals surface area contributed by atoms with Crippen LogP contribution >= 0.6 is 0 Å². The molecule has 0 bridgehead atoms. The Labute approximate surface area is 135 Å². The molecule has 2 N–H and O–H groups in total. The van der Waals surface area contributed by atoms with Crippen molar-refractivity contribution in [2.75, 3.05) is 13.6 Å². The summed E-state index contributed by atoms with van der Waals surface area (Å²) >= 11 is 0. The van der Waals surface area contributed by atoms with Crippen LogP contribution < -0.4 is 4.72 Å². The number of aliphatic carboxylic acids is 1. The Kier molecular flexibility index (Phi) is 5.09. The lowest BCUT2D eigenvalue weighted by molar-refractivity contribution is -0.142. The zero-order valence-electron chi connectivity index (χ0n) is 12.5. The van der Waals surface area contributed by atoms with E-state index in [0.717, 1.165) is 10.4 Å². The van der Waals surface area contributed by atoms with Crippen LogP contribution in [0.25, 0.3) is 0 Å². The van der Waals surface area contributed by atoms with Crippen molar-refractivity contribution in [1.29, 1.82) is 0 Å². The van der Waals surface area contributed by atoms with Gasteiger partial charge < -0.3 is 5.11 Å². The van der Waals surface area contributed by atoms with Crippen molar-refractivity contribution in [1.82, 2.24) is 9.03 Å². The molecule has 1 aromatic rings. The van der Waals surface area contributed by atoms with Gasteiger partial charge in [-0.05, 0) is 44.5 Å². The van der Waals surface area contributed by atoms with Crippen LogP contribution in [0.1, 0.15) is 19.3 Å². The first kappa shape index (κ1) is 17.9. The van der Waals surface area contributed by atoms with Gasteiger partial charge >= 0.3 is 5.97 Å². The molecule has 8 nitrogen and oxygen atoms in total. The lowest BCUT2D eigenvalue weighted by Gasteiger charge is -2.31. The van der Waals surface area contributed by atoms with Crippen LogP contribution in [0.2, 0.25) is 0 Å². The van der Waals surface area contributed by atoms with Crippen molar-refractivity contribution >= 4 is 26.0 Å². The minimum atomic E-state index is -4.09. The average molecular weight is 362 g/mol. The van der Waals surface area contributed by atoms with E-state index in [-0.39, 0.29) is 22.8 Å². The number of nitrogens with one attached hydrogen (secondary N) is 1. The second kappa shape index (κ2) is 6.56. The van der Waals surface area contributed by atoms with E-state index in [0.29, 0.717) is 12.8 Å². The summed E-state index contributed by atoms with van der Waals surface area (Å²) in [4.78, 5) is 10.9. The number of piperidine rings is 1. The summed E-state index contributed by atoms with van der Waals surface area (Å²) in [7, 11) is -6.65. The minimum absolute atomic E-state index is 0.0995. The second-order valence-corrected chi connectivity index (χ2v) is 8.93. The summed E-state index contributed by atoms with van der Waals surface area (Å²) in [5.41, 5.74) is 0. The van der Waals surface area contributed by atoms with Gasteiger partial charge in [-0.1, -0.05) is 6.07 Å². The van der Waals surface area contributed by atoms with Gasteiger partial charge in [0.15, 0.2) is 0 Å². The first-order valence-electron chi connectivity index (χ1n) is 6.98. The maximum Gasteiger partial charge on any atom is 0.322 e. The summed E-state index contributed by atoms with van der Waals surface area (Å²) in [6.45, 7) is 0.0995. The Morgan fingerprint density at radius 2 is 1.87 bits per heavy atom. The zero-order valence-corrected chi connectivity index (χ0v) is 14.1. The molecule has 0 aromatic heterocycles. The van der Waals surface area contributed by atoms with E-state index in [1.165, 1.54) is 25.2 Å². The molecule has 2 rings (SSSR count). The van der Waals surface area contributed by atoms with E-state index < -0.39 is 32.1 Å². The SMILES string of the molecule is CNS(=O)(=O)c1cccc(S(=O)(=O)N2CCCCC2C(=O)O)c1.